The minimum absolute atomic E-state index is 0. The summed E-state index contributed by atoms with van der Waals surface area (Å²) in [5.74, 6) is 2.62. The number of carbonyl (C=O) groups is 1. The first-order valence-electron chi connectivity index (χ1n) is 10.9. The molecule has 0 atom stereocenters. The summed E-state index contributed by atoms with van der Waals surface area (Å²) in [5.41, 5.74) is 2.16. The second-order valence-electron chi connectivity index (χ2n) is 8.50. The van der Waals surface area contributed by atoms with E-state index in [-0.39, 0.29) is 35.3 Å². The van der Waals surface area contributed by atoms with Gasteiger partial charge in [0.05, 0.1) is 26.2 Å². The molecule has 7 nitrogen and oxygen atoms in total. The molecule has 0 saturated heterocycles. The number of amides is 1. The Kier molecular flexibility index (Phi) is 9.27. The summed E-state index contributed by atoms with van der Waals surface area (Å²) in [7, 11) is 7.03. The largest absolute Gasteiger partial charge is 0.493 e. The van der Waals surface area contributed by atoms with Crippen LogP contribution in [0.2, 0.25) is 0 Å². The molecule has 0 unspecified atom stereocenters. The molecular weight excluding hydrogens is 507 g/mol. The molecule has 2 aliphatic rings. The lowest BCUT2D eigenvalue weighted by atomic mass is 9.85. The standard InChI is InChI=1S/C23H36N4O3.HI/c1-6-24-22(25-16-23(10-7-8-11-23)21(28)26(2)3)27-12-9-17-13-19(29-4)20(30-5)14-18(17)15-27;/h13-14H,6-12,15-16H2,1-5H3,(H,24,25);1H. The van der Waals surface area contributed by atoms with Crippen molar-refractivity contribution in [3.63, 3.8) is 0 Å². The van der Waals surface area contributed by atoms with E-state index >= 15 is 0 Å². The normalized spacial score (nSPS) is 17.5. The van der Waals surface area contributed by atoms with Crippen LogP contribution in [0.4, 0.5) is 0 Å². The van der Waals surface area contributed by atoms with Crippen LogP contribution in [0.1, 0.15) is 43.7 Å². The van der Waals surface area contributed by atoms with Crippen LogP contribution in [0, 0.1) is 5.41 Å². The smallest absolute Gasteiger partial charge is 0.230 e. The number of fused-ring (bicyclic) bond motifs is 1. The Bertz CT molecular complexity index is 791. The van der Waals surface area contributed by atoms with Gasteiger partial charge in [0, 0.05) is 33.7 Å². The predicted octanol–water partition coefficient (Wildman–Crippen LogP) is 3.29. The van der Waals surface area contributed by atoms with Crippen LogP contribution in [0.15, 0.2) is 17.1 Å². The van der Waals surface area contributed by atoms with Crippen LogP contribution in [0.5, 0.6) is 11.5 Å². The summed E-state index contributed by atoms with van der Waals surface area (Å²) in [6, 6.07) is 4.15. The van der Waals surface area contributed by atoms with Crippen molar-refractivity contribution >= 4 is 35.8 Å². The molecule has 0 aromatic heterocycles. The van der Waals surface area contributed by atoms with E-state index in [0.29, 0.717) is 6.54 Å². The highest BCUT2D eigenvalue weighted by atomic mass is 127. The van der Waals surface area contributed by atoms with Crippen LogP contribution in [-0.2, 0) is 17.8 Å². The monoisotopic (exact) mass is 544 g/mol. The minimum atomic E-state index is -0.353. The molecule has 174 valence electrons. The number of methoxy groups -OCH3 is 2. The van der Waals surface area contributed by atoms with Crippen molar-refractivity contribution in [3.8, 4) is 11.5 Å². The maximum absolute atomic E-state index is 12.9. The van der Waals surface area contributed by atoms with E-state index in [9.17, 15) is 4.79 Å². The molecule has 0 radical (unpaired) electrons. The summed E-state index contributed by atoms with van der Waals surface area (Å²) in [6.45, 7) is 5.06. The number of benzene rings is 1. The zero-order valence-corrected chi connectivity index (χ0v) is 21.8. The average Bonchev–Trinajstić information content (AvgIpc) is 3.24. The Morgan fingerprint density at radius 1 is 1.16 bits per heavy atom. The number of aliphatic imine (C=N–C) groups is 1. The van der Waals surface area contributed by atoms with Crippen molar-refractivity contribution in [2.24, 2.45) is 10.4 Å². The Hall–Kier alpha value is -1.71. The molecule has 1 saturated carbocycles. The molecular formula is C23H37IN4O3. The maximum atomic E-state index is 12.9. The highest BCUT2D eigenvalue weighted by molar-refractivity contribution is 14.0. The van der Waals surface area contributed by atoms with Gasteiger partial charge in [-0.15, -0.1) is 24.0 Å². The number of nitrogens with zero attached hydrogens (tertiary/aromatic N) is 3. The van der Waals surface area contributed by atoms with Crippen molar-refractivity contribution in [1.82, 2.24) is 15.1 Å². The van der Waals surface area contributed by atoms with E-state index in [1.54, 1.807) is 19.1 Å². The van der Waals surface area contributed by atoms with E-state index in [4.69, 9.17) is 14.5 Å². The summed E-state index contributed by atoms with van der Waals surface area (Å²) in [6.07, 6.45) is 4.97. The number of rotatable bonds is 6. The first kappa shape index (κ1) is 25.5. The number of ether oxygens (including phenoxy) is 2. The first-order valence-corrected chi connectivity index (χ1v) is 10.9. The Morgan fingerprint density at radius 3 is 2.32 bits per heavy atom. The van der Waals surface area contributed by atoms with Gasteiger partial charge in [-0.3, -0.25) is 9.79 Å². The van der Waals surface area contributed by atoms with Gasteiger partial charge in [-0.25, -0.2) is 0 Å². The second-order valence-corrected chi connectivity index (χ2v) is 8.50. The van der Waals surface area contributed by atoms with Gasteiger partial charge in [0.25, 0.3) is 0 Å². The second kappa shape index (κ2) is 11.2. The van der Waals surface area contributed by atoms with Gasteiger partial charge in [-0.2, -0.15) is 0 Å². The Labute approximate surface area is 203 Å². The van der Waals surface area contributed by atoms with Crippen LogP contribution in [-0.4, -0.2) is 69.6 Å². The van der Waals surface area contributed by atoms with Gasteiger partial charge in [0.1, 0.15) is 0 Å². The summed E-state index contributed by atoms with van der Waals surface area (Å²) >= 11 is 0. The first-order chi connectivity index (χ1) is 14.4. The number of nitrogens with one attached hydrogen (secondary N) is 1. The SMILES string of the molecule is CCNC(=NCC1(C(=O)N(C)C)CCCC1)N1CCc2cc(OC)c(OC)cc2C1.I. The molecule has 0 bridgehead atoms. The van der Waals surface area contributed by atoms with E-state index in [2.05, 4.69) is 29.3 Å². The Balaban J connectivity index is 0.00000341. The van der Waals surface area contributed by atoms with Gasteiger partial charge in [0.15, 0.2) is 17.5 Å². The molecule has 1 N–H and O–H groups in total. The molecule has 1 heterocycles. The predicted molar refractivity (Wildman–Crippen MR) is 135 cm³/mol. The summed E-state index contributed by atoms with van der Waals surface area (Å²) < 4.78 is 10.9. The number of hydrogen-bond acceptors (Lipinski definition) is 4. The Morgan fingerprint density at radius 2 is 1.77 bits per heavy atom. The third-order valence-electron chi connectivity index (χ3n) is 6.30. The zero-order chi connectivity index (χ0) is 21.7. The van der Waals surface area contributed by atoms with Gasteiger partial charge in [0.2, 0.25) is 5.91 Å². The van der Waals surface area contributed by atoms with Gasteiger partial charge in [-0.05, 0) is 49.4 Å². The van der Waals surface area contributed by atoms with Gasteiger partial charge >= 0.3 is 0 Å². The fourth-order valence-corrected chi connectivity index (χ4v) is 4.68. The lowest BCUT2D eigenvalue weighted by Crippen LogP contribution is -2.46. The molecule has 1 aliphatic carbocycles. The van der Waals surface area contributed by atoms with Crippen molar-refractivity contribution < 1.29 is 14.3 Å². The molecule has 1 amide bonds. The zero-order valence-electron chi connectivity index (χ0n) is 19.5. The van der Waals surface area contributed by atoms with E-state index in [1.165, 1.54) is 11.1 Å². The van der Waals surface area contributed by atoms with Gasteiger partial charge < -0.3 is 24.6 Å². The number of carbonyl (C=O) groups excluding carboxylic acids is 1. The molecule has 8 heteroatoms. The minimum Gasteiger partial charge on any atom is -0.493 e. The van der Waals surface area contributed by atoms with E-state index < -0.39 is 0 Å². The molecule has 31 heavy (non-hydrogen) atoms. The summed E-state index contributed by atoms with van der Waals surface area (Å²) in [5, 5.41) is 3.44. The molecule has 1 fully saturated rings. The van der Waals surface area contributed by atoms with Crippen LogP contribution in [0.25, 0.3) is 0 Å². The van der Waals surface area contributed by atoms with Gasteiger partial charge in [-0.1, -0.05) is 12.8 Å². The third-order valence-corrected chi connectivity index (χ3v) is 6.30. The average molecular weight is 544 g/mol. The number of guanidine groups is 1. The fourth-order valence-electron chi connectivity index (χ4n) is 4.68. The topological polar surface area (TPSA) is 66.4 Å². The van der Waals surface area contributed by atoms with Crippen LogP contribution < -0.4 is 14.8 Å². The molecule has 1 aromatic rings. The number of halogens is 1. The maximum Gasteiger partial charge on any atom is 0.230 e. The molecule has 3 rings (SSSR count). The third kappa shape index (κ3) is 5.56. The van der Waals surface area contributed by atoms with Crippen molar-refractivity contribution in [2.75, 3.05) is 47.9 Å². The summed E-state index contributed by atoms with van der Waals surface area (Å²) in [4.78, 5) is 21.9. The molecule has 1 aromatic carbocycles. The van der Waals surface area contributed by atoms with Crippen LogP contribution >= 0.6 is 24.0 Å². The highest BCUT2D eigenvalue weighted by Gasteiger charge is 2.42. The van der Waals surface area contributed by atoms with Crippen molar-refractivity contribution in [1.29, 1.82) is 0 Å². The number of hydrogen-bond donors (Lipinski definition) is 1. The van der Waals surface area contributed by atoms with E-state index in [1.807, 2.05) is 14.1 Å². The lowest BCUT2D eigenvalue weighted by Gasteiger charge is -2.34. The quantitative estimate of drug-likeness (QED) is 0.339. The van der Waals surface area contributed by atoms with Crippen molar-refractivity contribution in [3.05, 3.63) is 23.3 Å². The fraction of sp³-hybridized carbons (Fsp3) is 0.652. The molecule has 0 spiro atoms. The van der Waals surface area contributed by atoms with Crippen molar-refractivity contribution in [2.45, 2.75) is 45.6 Å². The molecule has 1 aliphatic heterocycles. The lowest BCUT2D eigenvalue weighted by molar-refractivity contribution is -0.138. The van der Waals surface area contributed by atoms with Crippen LogP contribution in [0.3, 0.4) is 0 Å². The highest BCUT2D eigenvalue weighted by Crippen LogP contribution is 2.40. The van der Waals surface area contributed by atoms with E-state index in [0.717, 1.165) is 69.2 Å².